The number of carboxylic acid groups (broad SMARTS) is 1. The van der Waals surface area contributed by atoms with E-state index in [0.717, 1.165) is 0 Å². The van der Waals surface area contributed by atoms with Crippen LogP contribution in [0.3, 0.4) is 0 Å². The second-order valence-electron chi connectivity index (χ2n) is 6.38. The van der Waals surface area contributed by atoms with Gasteiger partial charge in [-0.2, -0.15) is 18.4 Å². The van der Waals surface area contributed by atoms with Gasteiger partial charge in [-0.05, 0) is 12.8 Å². The zero-order valence-corrected chi connectivity index (χ0v) is 17.1. The van der Waals surface area contributed by atoms with Gasteiger partial charge >= 0.3 is 12.1 Å². The Labute approximate surface area is 170 Å². The van der Waals surface area contributed by atoms with Gasteiger partial charge in [0.2, 0.25) is 15.9 Å². The molecule has 0 spiro atoms. The van der Waals surface area contributed by atoms with E-state index >= 15 is 0 Å². The van der Waals surface area contributed by atoms with Crippen molar-refractivity contribution in [1.82, 2.24) is 14.2 Å². The number of sulfonamides is 1. The smallest absolute Gasteiger partial charge is 0.475 e. The Morgan fingerprint density at radius 3 is 2.28 bits per heavy atom. The third-order valence-electron chi connectivity index (χ3n) is 4.27. The number of piperidine rings is 1. The highest BCUT2D eigenvalue weighted by molar-refractivity contribution is 7.99. The molecule has 0 aromatic rings. The fraction of sp³-hybridized carbons (Fsp3) is 0.786. The first-order valence-corrected chi connectivity index (χ1v) is 11.3. The molecular formula is C14H22F3N5O5S2. The zero-order chi connectivity index (χ0) is 22.4. The van der Waals surface area contributed by atoms with Crippen LogP contribution in [0, 0.1) is 11.3 Å². The fourth-order valence-corrected chi connectivity index (χ4v) is 4.65. The van der Waals surface area contributed by atoms with E-state index in [1.165, 1.54) is 15.6 Å². The zero-order valence-electron chi connectivity index (χ0n) is 15.5. The number of nitrogens with zero attached hydrogens (tertiary/aromatic N) is 4. The second kappa shape index (κ2) is 10.4. The number of nitrogens with two attached hydrogens (primary N) is 1. The normalized spacial score (nSPS) is 21.4. The van der Waals surface area contributed by atoms with Gasteiger partial charge in [-0.15, -0.1) is 11.8 Å². The van der Waals surface area contributed by atoms with Crippen molar-refractivity contribution in [3.63, 3.8) is 0 Å². The van der Waals surface area contributed by atoms with E-state index in [0.29, 0.717) is 37.6 Å². The van der Waals surface area contributed by atoms with Gasteiger partial charge in [0.25, 0.3) is 0 Å². The summed E-state index contributed by atoms with van der Waals surface area (Å²) in [4.78, 5) is 22.7. The molecule has 0 aromatic heterocycles. The molecule has 15 heteroatoms. The molecule has 2 rings (SSSR count). The lowest BCUT2D eigenvalue weighted by atomic mass is 10.1. The number of carbonyl (C=O) groups excluding carboxylic acids is 1. The number of carbonyl (C=O) groups is 2. The Hall–Kier alpha value is -1.60. The van der Waals surface area contributed by atoms with Crippen LogP contribution >= 0.6 is 11.8 Å². The summed E-state index contributed by atoms with van der Waals surface area (Å²) in [7, 11) is -3.16. The van der Waals surface area contributed by atoms with Gasteiger partial charge < -0.3 is 10.0 Å². The lowest BCUT2D eigenvalue weighted by Gasteiger charge is -2.35. The van der Waals surface area contributed by atoms with Gasteiger partial charge in [-0.1, -0.05) is 0 Å². The van der Waals surface area contributed by atoms with Crippen LogP contribution in [0.2, 0.25) is 0 Å². The predicted octanol–water partition coefficient (Wildman–Crippen LogP) is -0.356. The molecule has 2 aliphatic heterocycles. The number of hydrogen-bond acceptors (Lipinski definition) is 8. The number of rotatable bonds is 4. The number of halogens is 3. The molecule has 29 heavy (non-hydrogen) atoms. The molecular weight excluding hydrogens is 439 g/mol. The summed E-state index contributed by atoms with van der Waals surface area (Å²) in [6.45, 7) is 0.903. The molecule has 1 atom stereocenters. The maximum atomic E-state index is 12.2. The molecule has 0 aromatic carbocycles. The van der Waals surface area contributed by atoms with Crippen LogP contribution in [0.5, 0.6) is 0 Å². The van der Waals surface area contributed by atoms with Crippen molar-refractivity contribution in [1.29, 1.82) is 5.26 Å². The molecule has 0 aliphatic carbocycles. The molecule has 2 saturated heterocycles. The third-order valence-corrected chi connectivity index (χ3v) is 6.59. The van der Waals surface area contributed by atoms with Crippen molar-refractivity contribution in [3.05, 3.63) is 0 Å². The highest BCUT2D eigenvalue weighted by atomic mass is 32.2. The highest BCUT2D eigenvalue weighted by Crippen LogP contribution is 2.21. The molecule has 166 valence electrons. The number of hydrazine groups is 1. The summed E-state index contributed by atoms with van der Waals surface area (Å²) in [5.41, 5.74) is 0. The molecule has 2 aliphatic rings. The van der Waals surface area contributed by atoms with E-state index in [-0.39, 0.29) is 24.5 Å². The minimum absolute atomic E-state index is 0.0160. The van der Waals surface area contributed by atoms with Gasteiger partial charge in [-0.3, -0.25) is 10.6 Å². The van der Waals surface area contributed by atoms with Crippen molar-refractivity contribution >= 4 is 33.7 Å². The quantitative estimate of drug-likeness (QED) is 0.423. The minimum Gasteiger partial charge on any atom is -0.475 e. The standard InChI is InChI=1S/C12H21N5O3S2.C2HF3O2/c1-22(19,20)15-4-2-10(3-5-15)17(14)7-12(18)16-9-21-8-11(16)6-13;3-2(4,5)1(6)7/h10-11H,2-5,7-9,14H2,1H3;(H,6,7)/t11-;/m1./s1. The Balaban J connectivity index is 0.000000516. The Bertz CT molecular complexity index is 735. The lowest BCUT2D eigenvalue weighted by Crippen LogP contribution is -2.53. The lowest BCUT2D eigenvalue weighted by molar-refractivity contribution is -0.192. The van der Waals surface area contributed by atoms with Crippen molar-refractivity contribution in [3.8, 4) is 6.07 Å². The summed E-state index contributed by atoms with van der Waals surface area (Å²) in [6, 6.07) is 1.73. The van der Waals surface area contributed by atoms with E-state index in [1.54, 1.807) is 16.7 Å². The van der Waals surface area contributed by atoms with E-state index in [9.17, 15) is 26.4 Å². The predicted molar refractivity (Wildman–Crippen MR) is 97.6 cm³/mol. The van der Waals surface area contributed by atoms with E-state index < -0.39 is 22.2 Å². The molecule has 10 nitrogen and oxygen atoms in total. The van der Waals surface area contributed by atoms with Crippen molar-refractivity contribution in [2.24, 2.45) is 5.84 Å². The van der Waals surface area contributed by atoms with Gasteiger partial charge in [-0.25, -0.2) is 22.5 Å². The molecule has 0 saturated carbocycles. The number of hydrogen-bond donors (Lipinski definition) is 2. The first kappa shape index (κ1) is 25.4. The SMILES string of the molecule is CS(=O)(=O)N1CCC(N(N)CC(=O)N2CSC[C@H]2C#N)CC1.O=C(O)C(F)(F)F. The van der Waals surface area contributed by atoms with E-state index in [4.69, 9.17) is 21.0 Å². The highest BCUT2D eigenvalue weighted by Gasteiger charge is 2.38. The van der Waals surface area contributed by atoms with Crippen molar-refractivity contribution in [2.75, 3.05) is 37.5 Å². The summed E-state index contributed by atoms with van der Waals surface area (Å²) < 4.78 is 56.1. The van der Waals surface area contributed by atoms with Gasteiger partial charge in [0.1, 0.15) is 6.04 Å². The van der Waals surface area contributed by atoms with Crippen molar-refractivity contribution in [2.45, 2.75) is 31.1 Å². The number of carboxylic acids is 1. The molecule has 0 unspecified atom stereocenters. The second-order valence-corrected chi connectivity index (χ2v) is 9.36. The summed E-state index contributed by atoms with van der Waals surface area (Å²) in [5, 5.41) is 17.6. The van der Waals surface area contributed by atoms with Crippen LogP contribution in [0.1, 0.15) is 12.8 Å². The van der Waals surface area contributed by atoms with Crippen LogP contribution in [-0.4, -0.2) is 95.4 Å². The van der Waals surface area contributed by atoms with E-state index in [2.05, 4.69) is 6.07 Å². The summed E-state index contributed by atoms with van der Waals surface area (Å²) in [5.74, 6) is 4.24. The summed E-state index contributed by atoms with van der Waals surface area (Å²) >= 11 is 1.56. The Kier molecular flexibility index (Phi) is 9.15. The van der Waals surface area contributed by atoms with Crippen LogP contribution in [0.4, 0.5) is 13.2 Å². The topological polar surface area (TPSA) is 148 Å². The average molecular weight is 461 g/mol. The number of aliphatic carboxylic acids is 1. The van der Waals surface area contributed by atoms with E-state index in [1.807, 2.05) is 0 Å². The third kappa shape index (κ3) is 7.97. The van der Waals surface area contributed by atoms with Crippen LogP contribution in [-0.2, 0) is 19.6 Å². The largest absolute Gasteiger partial charge is 0.490 e. The molecule has 0 bridgehead atoms. The van der Waals surface area contributed by atoms with Crippen LogP contribution < -0.4 is 5.84 Å². The van der Waals surface area contributed by atoms with Crippen molar-refractivity contribution < 1.29 is 36.3 Å². The number of nitriles is 1. The molecule has 1 amide bonds. The molecule has 0 radical (unpaired) electrons. The average Bonchev–Trinajstić information content (AvgIpc) is 3.09. The monoisotopic (exact) mass is 461 g/mol. The van der Waals surface area contributed by atoms with Crippen LogP contribution in [0.25, 0.3) is 0 Å². The number of alkyl halides is 3. The first-order valence-electron chi connectivity index (χ1n) is 8.30. The maximum absolute atomic E-state index is 12.2. The van der Waals surface area contributed by atoms with Gasteiger partial charge in [0.05, 0.1) is 24.7 Å². The van der Waals surface area contributed by atoms with Gasteiger partial charge in [0.15, 0.2) is 0 Å². The Morgan fingerprint density at radius 2 is 1.86 bits per heavy atom. The maximum Gasteiger partial charge on any atom is 0.490 e. The minimum atomic E-state index is -5.08. The molecule has 3 N–H and O–H groups in total. The fourth-order valence-electron chi connectivity index (χ4n) is 2.68. The molecule has 2 heterocycles. The van der Waals surface area contributed by atoms with Crippen LogP contribution in [0.15, 0.2) is 0 Å². The Morgan fingerprint density at radius 1 is 1.34 bits per heavy atom. The molecule has 2 fully saturated rings. The van der Waals surface area contributed by atoms with Gasteiger partial charge in [0, 0.05) is 24.9 Å². The number of thioether (sulfide) groups is 1. The number of amides is 1. The first-order chi connectivity index (χ1) is 13.3. The summed E-state index contributed by atoms with van der Waals surface area (Å²) in [6.07, 6.45) is -2.68.